The van der Waals surface area contributed by atoms with E-state index in [0.29, 0.717) is 26.9 Å². The molecule has 0 atom stereocenters. The van der Waals surface area contributed by atoms with E-state index < -0.39 is 5.91 Å². The second kappa shape index (κ2) is 8.46. The lowest BCUT2D eigenvalue weighted by Crippen LogP contribution is -2.30. The molecule has 3 aromatic rings. The average Bonchev–Trinajstić information content (AvgIpc) is 3.13. The van der Waals surface area contributed by atoms with Gasteiger partial charge in [-0.25, -0.2) is 4.68 Å². The highest BCUT2D eigenvalue weighted by Crippen LogP contribution is 2.24. The zero-order valence-electron chi connectivity index (χ0n) is 15.2. The highest BCUT2D eigenvalue weighted by Gasteiger charge is 2.14. The molecule has 0 unspecified atom stereocenters. The fourth-order valence-corrected chi connectivity index (χ4v) is 2.85. The van der Waals surface area contributed by atoms with Gasteiger partial charge in [-0.15, -0.1) is 0 Å². The number of amides is 2. The SMILES string of the molecule is CC(C)NC(=O)c1ccc(Cl)c(NC(=O)c2cnn(-c3cccc(Cl)c3)c2)c1. The van der Waals surface area contributed by atoms with Crippen molar-refractivity contribution in [2.75, 3.05) is 5.32 Å². The molecule has 0 bridgehead atoms. The van der Waals surface area contributed by atoms with Crippen molar-refractivity contribution in [2.45, 2.75) is 19.9 Å². The molecule has 28 heavy (non-hydrogen) atoms. The van der Waals surface area contributed by atoms with Crippen molar-refractivity contribution in [3.63, 3.8) is 0 Å². The van der Waals surface area contributed by atoms with E-state index in [1.165, 1.54) is 6.20 Å². The summed E-state index contributed by atoms with van der Waals surface area (Å²) in [7, 11) is 0. The molecule has 8 heteroatoms. The normalized spacial score (nSPS) is 10.8. The average molecular weight is 417 g/mol. The van der Waals surface area contributed by atoms with Crippen molar-refractivity contribution in [3.05, 3.63) is 76.0 Å². The zero-order valence-corrected chi connectivity index (χ0v) is 16.8. The van der Waals surface area contributed by atoms with Gasteiger partial charge in [-0.1, -0.05) is 29.3 Å². The molecule has 2 N–H and O–H groups in total. The number of rotatable bonds is 5. The van der Waals surface area contributed by atoms with Crippen LogP contribution in [0.1, 0.15) is 34.6 Å². The lowest BCUT2D eigenvalue weighted by molar-refractivity contribution is 0.0942. The Morgan fingerprint density at radius 1 is 1.04 bits per heavy atom. The Labute approximate surface area is 172 Å². The first kappa shape index (κ1) is 19.9. The monoisotopic (exact) mass is 416 g/mol. The second-order valence-electron chi connectivity index (χ2n) is 6.43. The largest absolute Gasteiger partial charge is 0.350 e. The Morgan fingerprint density at radius 3 is 2.54 bits per heavy atom. The van der Waals surface area contributed by atoms with E-state index in [1.807, 2.05) is 19.9 Å². The van der Waals surface area contributed by atoms with Crippen LogP contribution in [0.3, 0.4) is 0 Å². The van der Waals surface area contributed by atoms with Crippen LogP contribution in [0.4, 0.5) is 5.69 Å². The van der Waals surface area contributed by atoms with Crippen molar-refractivity contribution in [2.24, 2.45) is 0 Å². The van der Waals surface area contributed by atoms with Crippen molar-refractivity contribution < 1.29 is 9.59 Å². The summed E-state index contributed by atoms with van der Waals surface area (Å²) in [6.07, 6.45) is 3.03. The van der Waals surface area contributed by atoms with Gasteiger partial charge in [-0.3, -0.25) is 9.59 Å². The van der Waals surface area contributed by atoms with E-state index in [2.05, 4.69) is 15.7 Å². The Balaban J connectivity index is 1.79. The van der Waals surface area contributed by atoms with E-state index >= 15 is 0 Å². The van der Waals surface area contributed by atoms with Crippen molar-refractivity contribution in [1.29, 1.82) is 0 Å². The Kier molecular flexibility index (Phi) is 6.02. The summed E-state index contributed by atoms with van der Waals surface area (Å²) in [5.41, 5.74) is 1.83. The molecule has 2 aromatic carbocycles. The van der Waals surface area contributed by atoms with Gasteiger partial charge in [0.1, 0.15) is 0 Å². The number of carbonyl (C=O) groups excluding carboxylic acids is 2. The topological polar surface area (TPSA) is 76.0 Å². The second-order valence-corrected chi connectivity index (χ2v) is 7.27. The zero-order chi connectivity index (χ0) is 20.3. The molecule has 6 nitrogen and oxygen atoms in total. The van der Waals surface area contributed by atoms with Crippen LogP contribution in [0.2, 0.25) is 10.0 Å². The summed E-state index contributed by atoms with van der Waals surface area (Å²) in [6, 6.07) is 11.8. The van der Waals surface area contributed by atoms with Crippen LogP contribution in [0.15, 0.2) is 54.9 Å². The first-order chi connectivity index (χ1) is 13.3. The maximum Gasteiger partial charge on any atom is 0.258 e. The summed E-state index contributed by atoms with van der Waals surface area (Å²) >= 11 is 12.2. The van der Waals surface area contributed by atoms with Crippen LogP contribution in [-0.4, -0.2) is 27.6 Å². The van der Waals surface area contributed by atoms with Gasteiger partial charge in [-0.2, -0.15) is 5.10 Å². The summed E-state index contributed by atoms with van der Waals surface area (Å²) in [5.74, 6) is -0.632. The molecule has 0 saturated heterocycles. The number of nitrogens with zero attached hydrogens (tertiary/aromatic N) is 2. The molecule has 1 heterocycles. The minimum atomic E-state index is -0.392. The molecule has 3 rings (SSSR count). The van der Waals surface area contributed by atoms with Gasteiger partial charge in [0.2, 0.25) is 0 Å². The predicted molar refractivity (Wildman–Crippen MR) is 111 cm³/mol. The van der Waals surface area contributed by atoms with Crippen LogP contribution in [0.25, 0.3) is 5.69 Å². The minimum absolute atomic E-state index is 0.00134. The number of anilines is 1. The number of hydrogen-bond acceptors (Lipinski definition) is 3. The number of carbonyl (C=O) groups is 2. The Morgan fingerprint density at radius 2 is 1.82 bits per heavy atom. The number of halogens is 2. The minimum Gasteiger partial charge on any atom is -0.350 e. The fraction of sp³-hybridized carbons (Fsp3) is 0.150. The summed E-state index contributed by atoms with van der Waals surface area (Å²) in [4.78, 5) is 24.8. The van der Waals surface area contributed by atoms with E-state index in [1.54, 1.807) is 47.3 Å². The molecule has 0 spiro atoms. The summed E-state index contributed by atoms with van der Waals surface area (Å²) in [6.45, 7) is 3.74. The standard InChI is InChI=1S/C20H18Cl2N4O2/c1-12(2)24-19(27)13-6-7-17(22)18(8-13)25-20(28)14-10-23-26(11-14)16-5-3-4-15(21)9-16/h3-12H,1-2H3,(H,24,27)(H,25,28). The predicted octanol–water partition coefficient (Wildman–Crippen LogP) is 4.57. The number of nitrogens with one attached hydrogen (secondary N) is 2. The van der Waals surface area contributed by atoms with Gasteiger partial charge in [0.25, 0.3) is 11.8 Å². The van der Waals surface area contributed by atoms with Crippen LogP contribution >= 0.6 is 23.2 Å². The number of hydrogen-bond donors (Lipinski definition) is 2. The van der Waals surface area contributed by atoms with Gasteiger partial charge in [0, 0.05) is 22.8 Å². The third-order valence-corrected chi connectivity index (χ3v) is 4.38. The smallest absolute Gasteiger partial charge is 0.258 e. The lowest BCUT2D eigenvalue weighted by Gasteiger charge is -2.11. The molecule has 0 aliphatic carbocycles. The number of aromatic nitrogens is 2. The fourth-order valence-electron chi connectivity index (χ4n) is 2.50. The van der Waals surface area contributed by atoms with Crippen LogP contribution in [0.5, 0.6) is 0 Å². The molecule has 0 saturated carbocycles. The summed E-state index contributed by atoms with van der Waals surface area (Å²) in [5, 5.41) is 10.6. The van der Waals surface area contributed by atoms with Gasteiger partial charge >= 0.3 is 0 Å². The third-order valence-electron chi connectivity index (χ3n) is 3.81. The highest BCUT2D eigenvalue weighted by molar-refractivity contribution is 6.34. The van der Waals surface area contributed by atoms with E-state index in [0.717, 1.165) is 5.69 Å². The maximum atomic E-state index is 12.6. The van der Waals surface area contributed by atoms with Crippen LogP contribution in [-0.2, 0) is 0 Å². The summed E-state index contributed by atoms with van der Waals surface area (Å²) < 4.78 is 1.55. The molecular weight excluding hydrogens is 399 g/mol. The number of benzene rings is 2. The molecule has 144 valence electrons. The van der Waals surface area contributed by atoms with Gasteiger partial charge in [-0.05, 0) is 50.2 Å². The molecule has 1 aromatic heterocycles. The van der Waals surface area contributed by atoms with E-state index in [-0.39, 0.29) is 11.9 Å². The van der Waals surface area contributed by atoms with E-state index in [4.69, 9.17) is 23.2 Å². The van der Waals surface area contributed by atoms with Crippen molar-refractivity contribution >= 4 is 40.7 Å². The third kappa shape index (κ3) is 4.71. The molecular formula is C20H18Cl2N4O2. The van der Waals surface area contributed by atoms with Crippen molar-refractivity contribution in [1.82, 2.24) is 15.1 Å². The van der Waals surface area contributed by atoms with Gasteiger partial charge in [0.15, 0.2) is 0 Å². The Bertz CT molecular complexity index is 1030. The first-order valence-electron chi connectivity index (χ1n) is 8.56. The Hall–Kier alpha value is -2.83. The molecule has 0 aliphatic heterocycles. The highest BCUT2D eigenvalue weighted by atomic mass is 35.5. The quantitative estimate of drug-likeness (QED) is 0.639. The van der Waals surface area contributed by atoms with Gasteiger partial charge in [0.05, 0.1) is 28.2 Å². The molecule has 0 aliphatic rings. The lowest BCUT2D eigenvalue weighted by atomic mass is 10.1. The molecule has 0 fully saturated rings. The molecule has 0 radical (unpaired) electrons. The van der Waals surface area contributed by atoms with Crippen molar-refractivity contribution in [3.8, 4) is 5.69 Å². The maximum absolute atomic E-state index is 12.6. The van der Waals surface area contributed by atoms with Crippen LogP contribution < -0.4 is 10.6 Å². The first-order valence-corrected chi connectivity index (χ1v) is 9.31. The molecule has 2 amide bonds. The van der Waals surface area contributed by atoms with E-state index in [9.17, 15) is 9.59 Å². The van der Waals surface area contributed by atoms with Crippen LogP contribution in [0, 0.1) is 0 Å². The van der Waals surface area contributed by atoms with Gasteiger partial charge < -0.3 is 10.6 Å².